The first-order valence-corrected chi connectivity index (χ1v) is 11.0. The van der Waals surface area contributed by atoms with Gasteiger partial charge in [0.2, 0.25) is 0 Å². The summed E-state index contributed by atoms with van der Waals surface area (Å²) in [7, 11) is 0. The quantitative estimate of drug-likeness (QED) is 0.414. The van der Waals surface area contributed by atoms with Crippen LogP contribution in [0.2, 0.25) is 0 Å². The number of benzene rings is 1. The Morgan fingerprint density at radius 3 is 2.47 bits per heavy atom. The van der Waals surface area contributed by atoms with Crippen molar-refractivity contribution < 1.29 is 14.0 Å². The summed E-state index contributed by atoms with van der Waals surface area (Å²) in [4.78, 5) is 25.3. The molecule has 0 saturated carbocycles. The Balaban J connectivity index is 1.40. The zero-order chi connectivity index (χ0) is 22.7. The molecule has 0 unspecified atom stereocenters. The number of thiophene rings is 1. The third-order valence-electron chi connectivity index (χ3n) is 4.92. The Labute approximate surface area is 190 Å². The van der Waals surface area contributed by atoms with Crippen LogP contribution in [0.25, 0.3) is 0 Å². The average Bonchev–Trinajstić information content (AvgIpc) is 3.50. The van der Waals surface area contributed by atoms with Crippen LogP contribution in [0.5, 0.6) is 0 Å². The van der Waals surface area contributed by atoms with Crippen molar-refractivity contribution in [1.29, 1.82) is 0 Å². The molecular weight excluding hydrogens is 424 g/mol. The molecule has 4 aromatic rings. The van der Waals surface area contributed by atoms with Crippen molar-refractivity contribution in [1.82, 2.24) is 9.78 Å². The van der Waals surface area contributed by atoms with E-state index >= 15 is 0 Å². The van der Waals surface area contributed by atoms with Crippen LogP contribution < -0.4 is 10.6 Å². The van der Waals surface area contributed by atoms with Crippen molar-refractivity contribution in [2.24, 2.45) is 0 Å². The first-order valence-electron chi connectivity index (χ1n) is 10.2. The molecule has 0 aliphatic carbocycles. The van der Waals surface area contributed by atoms with E-state index in [2.05, 4.69) is 60.8 Å². The Kier molecular flexibility index (Phi) is 5.96. The third-order valence-corrected chi connectivity index (χ3v) is 5.92. The number of carbonyl (C=O) groups is 2. The number of nitrogens with one attached hydrogen (secondary N) is 2. The minimum atomic E-state index is -0.362. The Hall–Kier alpha value is -3.65. The van der Waals surface area contributed by atoms with Gasteiger partial charge in [0, 0.05) is 6.07 Å². The normalized spacial score (nSPS) is 11.3. The summed E-state index contributed by atoms with van der Waals surface area (Å²) in [5.41, 5.74) is 2.46. The molecule has 0 spiro atoms. The molecule has 2 amide bonds. The summed E-state index contributed by atoms with van der Waals surface area (Å²) in [6, 6.07) is 16.8. The molecule has 32 heavy (non-hydrogen) atoms. The molecule has 0 radical (unpaired) electrons. The predicted octanol–water partition coefficient (Wildman–Crippen LogP) is 5.39. The van der Waals surface area contributed by atoms with Crippen molar-refractivity contribution in [2.75, 3.05) is 10.6 Å². The van der Waals surface area contributed by atoms with Crippen LogP contribution in [-0.4, -0.2) is 21.6 Å². The number of nitrogens with zero attached hydrogens (tertiary/aromatic N) is 2. The second kappa shape index (κ2) is 8.84. The van der Waals surface area contributed by atoms with Gasteiger partial charge in [0.25, 0.3) is 11.8 Å². The van der Waals surface area contributed by atoms with Gasteiger partial charge in [-0.1, -0.05) is 45.0 Å². The van der Waals surface area contributed by atoms with Gasteiger partial charge in [-0.3, -0.25) is 9.59 Å². The van der Waals surface area contributed by atoms with Crippen LogP contribution in [0.1, 0.15) is 52.1 Å². The highest BCUT2D eigenvalue weighted by atomic mass is 32.1. The molecule has 0 saturated heterocycles. The van der Waals surface area contributed by atoms with E-state index in [1.165, 1.54) is 23.2 Å². The van der Waals surface area contributed by atoms with Crippen LogP contribution in [0.4, 0.5) is 10.8 Å². The number of hydrogen-bond donors (Lipinski definition) is 2. The fourth-order valence-electron chi connectivity index (χ4n) is 3.13. The molecule has 8 heteroatoms. The van der Waals surface area contributed by atoms with Gasteiger partial charge in [0.1, 0.15) is 5.82 Å². The number of furan rings is 1. The smallest absolute Gasteiger partial charge is 0.291 e. The van der Waals surface area contributed by atoms with E-state index in [9.17, 15) is 9.59 Å². The van der Waals surface area contributed by atoms with Gasteiger partial charge in [0.05, 0.1) is 28.9 Å². The highest BCUT2D eigenvalue weighted by Gasteiger charge is 2.16. The van der Waals surface area contributed by atoms with E-state index in [4.69, 9.17) is 4.42 Å². The van der Waals surface area contributed by atoms with Gasteiger partial charge in [-0.25, -0.2) is 4.68 Å². The number of rotatable bonds is 6. The Bertz CT molecular complexity index is 1210. The molecule has 4 rings (SSSR count). The number of anilines is 2. The largest absolute Gasteiger partial charge is 0.459 e. The molecule has 0 bridgehead atoms. The van der Waals surface area contributed by atoms with Crippen LogP contribution in [0.15, 0.2) is 71.5 Å². The first-order chi connectivity index (χ1) is 15.3. The third kappa shape index (κ3) is 4.97. The Morgan fingerprint density at radius 2 is 1.78 bits per heavy atom. The lowest BCUT2D eigenvalue weighted by atomic mass is 9.87. The average molecular weight is 449 g/mol. The van der Waals surface area contributed by atoms with E-state index in [1.54, 1.807) is 41.2 Å². The molecule has 164 valence electrons. The maximum atomic E-state index is 12.7. The maximum absolute atomic E-state index is 12.7. The van der Waals surface area contributed by atoms with E-state index in [0.717, 1.165) is 5.56 Å². The SMILES string of the molecule is CC(C)(C)c1ccc(Cn2nccc2NC(=O)c2ccc(NC(=O)c3ccco3)s2)cc1. The van der Waals surface area contributed by atoms with Gasteiger partial charge in [0.15, 0.2) is 5.76 Å². The van der Waals surface area contributed by atoms with Crippen molar-refractivity contribution in [3.8, 4) is 0 Å². The zero-order valence-electron chi connectivity index (χ0n) is 18.1. The number of amides is 2. The molecular formula is C24H24N4O3S. The second-order valence-corrected chi connectivity index (χ2v) is 9.45. The lowest BCUT2D eigenvalue weighted by Gasteiger charge is -2.19. The first kappa shape index (κ1) is 21.6. The fourth-order valence-corrected chi connectivity index (χ4v) is 3.93. The van der Waals surface area contributed by atoms with Gasteiger partial charge in [-0.2, -0.15) is 5.10 Å². The minimum absolute atomic E-state index is 0.0976. The summed E-state index contributed by atoms with van der Waals surface area (Å²) in [5, 5.41) is 10.5. The van der Waals surface area contributed by atoms with E-state index in [0.29, 0.717) is 22.2 Å². The molecule has 2 N–H and O–H groups in total. The van der Waals surface area contributed by atoms with Crippen molar-refractivity contribution in [3.05, 3.63) is 88.8 Å². The molecule has 0 fully saturated rings. The monoisotopic (exact) mass is 448 g/mol. The lowest BCUT2D eigenvalue weighted by Crippen LogP contribution is -2.15. The molecule has 0 aliphatic heterocycles. The molecule has 0 aliphatic rings. The molecule has 3 aromatic heterocycles. The number of hydrogen-bond acceptors (Lipinski definition) is 5. The molecule has 0 atom stereocenters. The maximum Gasteiger partial charge on any atom is 0.291 e. The summed E-state index contributed by atoms with van der Waals surface area (Å²) < 4.78 is 6.83. The van der Waals surface area contributed by atoms with E-state index in [1.807, 2.05) is 0 Å². The van der Waals surface area contributed by atoms with Gasteiger partial charge < -0.3 is 15.1 Å². The number of carbonyl (C=O) groups excluding carboxylic acids is 2. The summed E-state index contributed by atoms with van der Waals surface area (Å²) in [6.07, 6.45) is 3.09. The van der Waals surface area contributed by atoms with Crippen molar-refractivity contribution >= 4 is 34.0 Å². The Morgan fingerprint density at radius 1 is 1.00 bits per heavy atom. The van der Waals surface area contributed by atoms with Gasteiger partial charge in [-0.15, -0.1) is 11.3 Å². The van der Waals surface area contributed by atoms with Crippen molar-refractivity contribution in [3.63, 3.8) is 0 Å². The van der Waals surface area contributed by atoms with E-state index in [-0.39, 0.29) is 23.0 Å². The van der Waals surface area contributed by atoms with Crippen LogP contribution in [0, 0.1) is 0 Å². The summed E-state index contributed by atoms with van der Waals surface area (Å²) in [5.74, 6) is 0.186. The molecule has 7 nitrogen and oxygen atoms in total. The number of aromatic nitrogens is 2. The summed E-state index contributed by atoms with van der Waals surface area (Å²) >= 11 is 1.19. The summed E-state index contributed by atoms with van der Waals surface area (Å²) in [6.45, 7) is 7.09. The zero-order valence-corrected chi connectivity index (χ0v) is 18.9. The standard InChI is InChI=1S/C24H24N4O3S/c1-24(2,3)17-8-6-16(7-9-17)15-28-20(12-13-25-28)26-23(30)19-10-11-21(32-19)27-22(29)18-5-4-14-31-18/h4-14H,15H2,1-3H3,(H,26,30)(H,27,29). The second-order valence-electron chi connectivity index (χ2n) is 8.37. The minimum Gasteiger partial charge on any atom is -0.459 e. The highest BCUT2D eigenvalue weighted by Crippen LogP contribution is 2.25. The van der Waals surface area contributed by atoms with Gasteiger partial charge in [-0.05, 0) is 40.8 Å². The van der Waals surface area contributed by atoms with Gasteiger partial charge >= 0.3 is 0 Å². The highest BCUT2D eigenvalue weighted by molar-refractivity contribution is 7.18. The predicted molar refractivity (Wildman–Crippen MR) is 125 cm³/mol. The van der Waals surface area contributed by atoms with Crippen LogP contribution >= 0.6 is 11.3 Å². The lowest BCUT2D eigenvalue weighted by molar-refractivity contribution is 0.0995. The fraction of sp³-hybridized carbons (Fsp3) is 0.208. The topological polar surface area (TPSA) is 89.2 Å². The molecule has 3 heterocycles. The van der Waals surface area contributed by atoms with E-state index < -0.39 is 0 Å². The van der Waals surface area contributed by atoms with Crippen LogP contribution in [-0.2, 0) is 12.0 Å². The van der Waals surface area contributed by atoms with Crippen LogP contribution in [0.3, 0.4) is 0 Å². The van der Waals surface area contributed by atoms with Crippen molar-refractivity contribution in [2.45, 2.75) is 32.7 Å². The molecule has 1 aromatic carbocycles.